The number of phenols is 2. The zero-order chi connectivity index (χ0) is 25.8. The van der Waals surface area contributed by atoms with E-state index in [1.54, 1.807) is 0 Å². The SMILES string of the molecule is O=C1C=CC(O)(CC(=O)OC[C@H]2O[C@H](O)[C@H](OC(=O)/C=C/c3ccc(O)c(O)c3)[C@@H](O)[C@@H]2O)C=C1. The molecule has 6 N–H and O–H groups in total. The van der Waals surface area contributed by atoms with Crippen molar-refractivity contribution in [3.05, 3.63) is 54.1 Å². The van der Waals surface area contributed by atoms with Crippen molar-refractivity contribution >= 4 is 23.8 Å². The minimum absolute atomic E-state index is 0.343. The van der Waals surface area contributed by atoms with Crippen molar-refractivity contribution in [2.45, 2.75) is 42.7 Å². The number of aromatic hydroxyl groups is 2. The van der Waals surface area contributed by atoms with Crippen molar-refractivity contribution in [3.63, 3.8) is 0 Å². The van der Waals surface area contributed by atoms with Gasteiger partial charge in [-0.25, -0.2) is 4.79 Å². The van der Waals surface area contributed by atoms with Crippen LogP contribution in [0.1, 0.15) is 12.0 Å². The van der Waals surface area contributed by atoms with E-state index < -0.39 is 67.0 Å². The van der Waals surface area contributed by atoms with E-state index in [0.717, 1.165) is 30.4 Å². The number of esters is 2. The number of aliphatic hydroxyl groups is 4. The zero-order valence-electron chi connectivity index (χ0n) is 18.1. The topological polar surface area (TPSA) is 200 Å². The van der Waals surface area contributed by atoms with Crippen LogP contribution in [0.15, 0.2) is 48.6 Å². The molecule has 1 aromatic rings. The van der Waals surface area contributed by atoms with E-state index in [-0.39, 0.29) is 11.5 Å². The van der Waals surface area contributed by atoms with E-state index in [4.69, 9.17) is 14.2 Å². The highest BCUT2D eigenvalue weighted by Crippen LogP contribution is 2.26. The Hall–Kier alpha value is -3.55. The number of hydrogen-bond donors (Lipinski definition) is 6. The summed E-state index contributed by atoms with van der Waals surface area (Å²) < 4.78 is 15.0. The Morgan fingerprint density at radius 3 is 2.40 bits per heavy atom. The fourth-order valence-corrected chi connectivity index (χ4v) is 3.31. The lowest BCUT2D eigenvalue weighted by molar-refractivity contribution is -0.290. The number of carbonyl (C=O) groups is 3. The van der Waals surface area contributed by atoms with E-state index in [1.165, 1.54) is 24.3 Å². The predicted molar refractivity (Wildman–Crippen MR) is 115 cm³/mol. The van der Waals surface area contributed by atoms with E-state index in [0.29, 0.717) is 5.56 Å². The Morgan fingerprint density at radius 2 is 1.74 bits per heavy atom. The second-order valence-corrected chi connectivity index (χ2v) is 7.95. The van der Waals surface area contributed by atoms with Crippen LogP contribution in [0.3, 0.4) is 0 Å². The molecule has 12 heteroatoms. The summed E-state index contributed by atoms with van der Waals surface area (Å²) in [7, 11) is 0. The first-order valence-corrected chi connectivity index (χ1v) is 10.4. The lowest BCUT2D eigenvalue weighted by Gasteiger charge is -2.39. The normalized spacial score (nSPS) is 27.7. The molecule has 0 radical (unpaired) electrons. The van der Waals surface area contributed by atoms with Crippen LogP contribution in [0.25, 0.3) is 6.08 Å². The maximum Gasteiger partial charge on any atom is 0.331 e. The second kappa shape index (κ2) is 10.8. The molecule has 1 aromatic carbocycles. The predicted octanol–water partition coefficient (Wildman–Crippen LogP) is -1.18. The average molecular weight is 492 g/mol. The minimum Gasteiger partial charge on any atom is -0.504 e. The molecule has 1 fully saturated rings. The number of rotatable bonds is 7. The first-order chi connectivity index (χ1) is 16.5. The fraction of sp³-hybridized carbons (Fsp3) is 0.348. The van der Waals surface area contributed by atoms with Crippen molar-refractivity contribution in [2.24, 2.45) is 0 Å². The number of hydrogen-bond acceptors (Lipinski definition) is 12. The summed E-state index contributed by atoms with van der Waals surface area (Å²) in [5.41, 5.74) is -1.38. The molecular weight excluding hydrogens is 468 g/mol. The summed E-state index contributed by atoms with van der Waals surface area (Å²) in [6.07, 6.45) is -2.32. The molecule has 2 aliphatic rings. The third kappa shape index (κ3) is 6.74. The second-order valence-electron chi connectivity index (χ2n) is 7.95. The Bertz CT molecular complexity index is 1040. The molecule has 1 aliphatic carbocycles. The first kappa shape index (κ1) is 26.1. The highest BCUT2D eigenvalue weighted by Gasteiger charge is 2.46. The van der Waals surface area contributed by atoms with Gasteiger partial charge in [0.15, 0.2) is 29.7 Å². The highest BCUT2D eigenvalue weighted by atomic mass is 16.7. The molecule has 12 nitrogen and oxygen atoms in total. The van der Waals surface area contributed by atoms with Gasteiger partial charge in [0, 0.05) is 6.08 Å². The van der Waals surface area contributed by atoms with Gasteiger partial charge in [-0.2, -0.15) is 0 Å². The summed E-state index contributed by atoms with van der Waals surface area (Å²) in [5, 5.41) is 59.7. The van der Waals surface area contributed by atoms with Crippen LogP contribution in [0.4, 0.5) is 0 Å². The van der Waals surface area contributed by atoms with Crippen LogP contribution in [-0.2, 0) is 28.6 Å². The maximum absolute atomic E-state index is 12.1. The minimum atomic E-state index is -1.87. The Morgan fingerprint density at radius 1 is 1.06 bits per heavy atom. The number of benzene rings is 1. The number of aliphatic hydroxyl groups excluding tert-OH is 3. The number of ketones is 1. The van der Waals surface area contributed by atoms with E-state index in [2.05, 4.69) is 0 Å². The molecule has 188 valence electrons. The quantitative estimate of drug-likeness (QED) is 0.151. The van der Waals surface area contributed by atoms with Gasteiger partial charge in [0.05, 0.1) is 6.42 Å². The van der Waals surface area contributed by atoms with Crippen LogP contribution >= 0.6 is 0 Å². The highest BCUT2D eigenvalue weighted by molar-refractivity contribution is 6.00. The molecule has 1 aliphatic heterocycles. The molecule has 35 heavy (non-hydrogen) atoms. The van der Waals surface area contributed by atoms with Gasteiger partial charge >= 0.3 is 11.9 Å². The summed E-state index contributed by atoms with van der Waals surface area (Å²) in [6.45, 7) is -0.596. The summed E-state index contributed by atoms with van der Waals surface area (Å²) in [4.78, 5) is 35.2. The molecule has 1 heterocycles. The van der Waals surface area contributed by atoms with Gasteiger partial charge in [-0.3, -0.25) is 9.59 Å². The van der Waals surface area contributed by atoms with Crippen LogP contribution < -0.4 is 0 Å². The zero-order valence-corrected chi connectivity index (χ0v) is 18.1. The van der Waals surface area contributed by atoms with E-state index in [9.17, 15) is 45.0 Å². The molecule has 0 spiro atoms. The Labute approximate surface area is 198 Å². The van der Waals surface area contributed by atoms with Gasteiger partial charge in [0.25, 0.3) is 0 Å². The van der Waals surface area contributed by atoms with Crippen LogP contribution in [-0.4, -0.2) is 91.3 Å². The monoisotopic (exact) mass is 492 g/mol. The summed E-state index contributed by atoms with van der Waals surface area (Å²) in [5.74, 6) is -3.02. The molecule has 0 bridgehead atoms. The number of allylic oxidation sites excluding steroid dienone is 2. The van der Waals surface area contributed by atoms with Crippen LogP contribution in [0, 0.1) is 0 Å². The fourth-order valence-electron chi connectivity index (χ4n) is 3.31. The lowest BCUT2D eigenvalue weighted by Crippen LogP contribution is -2.60. The first-order valence-electron chi connectivity index (χ1n) is 10.4. The molecule has 1 saturated heterocycles. The Kier molecular flexibility index (Phi) is 8.04. The third-order valence-electron chi connectivity index (χ3n) is 5.23. The van der Waals surface area contributed by atoms with Crippen LogP contribution in [0.2, 0.25) is 0 Å². The van der Waals surface area contributed by atoms with Gasteiger partial charge in [-0.05, 0) is 48.1 Å². The molecular formula is C23H24O12. The van der Waals surface area contributed by atoms with Crippen molar-refractivity contribution in [1.29, 1.82) is 0 Å². The third-order valence-corrected chi connectivity index (χ3v) is 5.23. The maximum atomic E-state index is 12.1. The van der Waals surface area contributed by atoms with Crippen molar-refractivity contribution in [2.75, 3.05) is 6.61 Å². The van der Waals surface area contributed by atoms with Gasteiger partial charge in [-0.15, -0.1) is 0 Å². The molecule has 0 saturated carbocycles. The van der Waals surface area contributed by atoms with E-state index in [1.807, 2.05) is 0 Å². The van der Waals surface area contributed by atoms with E-state index >= 15 is 0 Å². The van der Waals surface area contributed by atoms with Crippen molar-refractivity contribution in [1.82, 2.24) is 0 Å². The molecule has 0 amide bonds. The smallest absolute Gasteiger partial charge is 0.331 e. The van der Waals surface area contributed by atoms with Gasteiger partial charge < -0.3 is 44.8 Å². The summed E-state index contributed by atoms with van der Waals surface area (Å²) >= 11 is 0. The number of phenolic OH excluding ortho intramolecular Hbond substituents is 2. The molecule has 5 atom stereocenters. The summed E-state index contributed by atoms with van der Waals surface area (Å²) in [6, 6.07) is 3.79. The van der Waals surface area contributed by atoms with Crippen LogP contribution in [0.5, 0.6) is 11.5 Å². The lowest BCUT2D eigenvalue weighted by atomic mass is 9.94. The molecule has 3 rings (SSSR count). The largest absolute Gasteiger partial charge is 0.504 e. The molecule has 0 unspecified atom stereocenters. The van der Waals surface area contributed by atoms with Gasteiger partial charge in [0.1, 0.15) is 30.5 Å². The van der Waals surface area contributed by atoms with Crippen molar-refractivity contribution in [3.8, 4) is 11.5 Å². The van der Waals surface area contributed by atoms with Gasteiger partial charge in [0.2, 0.25) is 0 Å². The van der Waals surface area contributed by atoms with Gasteiger partial charge in [-0.1, -0.05) is 6.07 Å². The number of carbonyl (C=O) groups excluding carboxylic acids is 3. The van der Waals surface area contributed by atoms with Crippen molar-refractivity contribution < 1.29 is 59.2 Å². The number of ether oxygens (including phenoxy) is 3. The molecule has 0 aromatic heterocycles. The standard InChI is InChI=1S/C23H24O12/c24-13-5-7-23(32,8-6-13)10-18(28)33-11-16-19(29)20(30)21(22(31)34-16)35-17(27)4-2-12-1-3-14(25)15(26)9-12/h1-9,16,19-22,25-26,29-32H,10-11H2/b4-2+/t16-,19-,20+,21-,22+/m1/s1. The average Bonchev–Trinajstić information content (AvgIpc) is 2.81. The Balaban J connectivity index is 1.51.